The molecule has 7 heteroatoms. The Balaban J connectivity index is 1.43. The highest BCUT2D eigenvalue weighted by atomic mass is 16.2. The van der Waals surface area contributed by atoms with Gasteiger partial charge in [0.15, 0.2) is 0 Å². The van der Waals surface area contributed by atoms with Crippen LogP contribution in [0.2, 0.25) is 0 Å². The Hall–Kier alpha value is -3.84. The number of likely N-dealkylation sites (tertiary alicyclic amines) is 1. The SMILES string of the molecule is C#Cc1cnn(CCCC#Cc2cccc3c2CN(C2CCC(=O)N(C)C2=O)C3=O)c1. The molecule has 7 nitrogen and oxygen atoms in total. The molecule has 1 fully saturated rings. The summed E-state index contributed by atoms with van der Waals surface area (Å²) >= 11 is 0. The largest absolute Gasteiger partial charge is 0.322 e. The molecule has 0 spiro atoms. The maximum absolute atomic E-state index is 12.9. The number of likely N-dealkylation sites (N-methyl/N-ethyl adjacent to an activating group) is 1. The van der Waals surface area contributed by atoms with E-state index in [9.17, 15) is 14.4 Å². The van der Waals surface area contributed by atoms with Crippen LogP contribution in [0.15, 0.2) is 30.6 Å². The summed E-state index contributed by atoms with van der Waals surface area (Å²) in [4.78, 5) is 40.0. The van der Waals surface area contributed by atoms with Gasteiger partial charge in [0.2, 0.25) is 5.91 Å². The monoisotopic (exact) mass is 414 g/mol. The summed E-state index contributed by atoms with van der Waals surface area (Å²) in [6, 6.07) is 4.87. The van der Waals surface area contributed by atoms with Gasteiger partial charge >= 0.3 is 0 Å². The fourth-order valence-electron chi connectivity index (χ4n) is 3.96. The number of terminal acetylenes is 1. The number of hydrogen-bond acceptors (Lipinski definition) is 4. The average Bonchev–Trinajstić information content (AvgIpc) is 3.37. The summed E-state index contributed by atoms with van der Waals surface area (Å²) in [6.45, 7) is 1.06. The number of carbonyl (C=O) groups is 3. The predicted molar refractivity (Wildman–Crippen MR) is 113 cm³/mol. The molecule has 0 bridgehead atoms. The highest BCUT2D eigenvalue weighted by Gasteiger charge is 2.41. The van der Waals surface area contributed by atoms with Gasteiger partial charge in [-0.2, -0.15) is 5.10 Å². The quantitative estimate of drug-likeness (QED) is 0.434. The average molecular weight is 414 g/mol. The zero-order valence-corrected chi connectivity index (χ0v) is 17.3. The Kier molecular flexibility index (Phi) is 5.60. The molecule has 3 heterocycles. The van der Waals surface area contributed by atoms with Crippen LogP contribution in [0.3, 0.4) is 0 Å². The van der Waals surface area contributed by atoms with Crippen LogP contribution in [-0.2, 0) is 22.7 Å². The summed E-state index contributed by atoms with van der Waals surface area (Å²) in [6.07, 6.45) is 11.0. The van der Waals surface area contributed by atoms with E-state index in [1.54, 1.807) is 21.8 Å². The van der Waals surface area contributed by atoms with Crippen molar-refractivity contribution in [2.75, 3.05) is 7.05 Å². The Labute approximate surface area is 181 Å². The van der Waals surface area contributed by atoms with Gasteiger partial charge in [-0.1, -0.05) is 23.8 Å². The number of benzene rings is 1. The number of fused-ring (bicyclic) bond motifs is 1. The van der Waals surface area contributed by atoms with Gasteiger partial charge in [0.25, 0.3) is 11.8 Å². The molecule has 1 atom stereocenters. The highest BCUT2D eigenvalue weighted by molar-refractivity contribution is 6.05. The van der Waals surface area contributed by atoms with Crippen molar-refractivity contribution in [1.29, 1.82) is 0 Å². The Morgan fingerprint density at radius 1 is 1.26 bits per heavy atom. The van der Waals surface area contributed by atoms with Crippen LogP contribution in [0.1, 0.15) is 52.7 Å². The second-order valence-corrected chi connectivity index (χ2v) is 7.65. The number of piperidine rings is 1. The number of hydrogen-bond donors (Lipinski definition) is 0. The van der Waals surface area contributed by atoms with Gasteiger partial charge in [-0.25, -0.2) is 0 Å². The van der Waals surface area contributed by atoms with Crippen molar-refractivity contribution in [2.24, 2.45) is 0 Å². The van der Waals surface area contributed by atoms with Crippen molar-refractivity contribution < 1.29 is 14.4 Å². The first-order valence-corrected chi connectivity index (χ1v) is 10.2. The number of amides is 3. The van der Waals surface area contributed by atoms with Crippen LogP contribution >= 0.6 is 0 Å². The van der Waals surface area contributed by atoms with E-state index in [0.717, 1.165) is 34.6 Å². The molecule has 0 saturated carbocycles. The first-order chi connectivity index (χ1) is 15.0. The normalized spacial score (nSPS) is 17.9. The van der Waals surface area contributed by atoms with E-state index in [0.29, 0.717) is 24.9 Å². The van der Waals surface area contributed by atoms with Crippen LogP contribution < -0.4 is 0 Å². The second kappa shape index (κ2) is 8.49. The molecule has 156 valence electrons. The minimum Gasteiger partial charge on any atom is -0.322 e. The predicted octanol–water partition coefficient (Wildman–Crippen LogP) is 1.80. The maximum atomic E-state index is 12.9. The fraction of sp³-hybridized carbons (Fsp3) is 0.333. The van der Waals surface area contributed by atoms with Gasteiger partial charge in [0, 0.05) is 50.3 Å². The summed E-state index contributed by atoms with van der Waals surface area (Å²) in [5, 5.41) is 4.20. The van der Waals surface area contributed by atoms with Gasteiger partial charge in [0.1, 0.15) is 6.04 Å². The van der Waals surface area contributed by atoms with Crippen LogP contribution in [0.25, 0.3) is 0 Å². The lowest BCUT2D eigenvalue weighted by molar-refractivity contribution is -0.150. The molecule has 1 unspecified atom stereocenters. The summed E-state index contributed by atoms with van der Waals surface area (Å²) < 4.78 is 1.80. The molecule has 1 saturated heterocycles. The third-order valence-electron chi connectivity index (χ3n) is 5.71. The zero-order valence-electron chi connectivity index (χ0n) is 17.3. The van der Waals surface area contributed by atoms with Gasteiger partial charge in [-0.15, -0.1) is 6.42 Å². The zero-order chi connectivity index (χ0) is 22.0. The standard InChI is InChI=1S/C24H22N4O3/c1-3-17-14-25-27(15-17)13-6-4-5-8-18-9-7-10-19-20(18)16-28(23(19)30)21-11-12-22(29)26(2)24(21)31/h1,7,9-10,14-15,21H,4,6,11-13,16H2,2H3. The lowest BCUT2D eigenvalue weighted by Crippen LogP contribution is -2.53. The first kappa shape index (κ1) is 20.4. The second-order valence-electron chi connectivity index (χ2n) is 7.65. The van der Waals surface area contributed by atoms with Crippen LogP contribution in [0, 0.1) is 24.2 Å². The van der Waals surface area contributed by atoms with E-state index >= 15 is 0 Å². The van der Waals surface area contributed by atoms with E-state index in [4.69, 9.17) is 6.42 Å². The molecule has 31 heavy (non-hydrogen) atoms. The van der Waals surface area contributed by atoms with Gasteiger partial charge in [-0.3, -0.25) is 24.0 Å². The van der Waals surface area contributed by atoms with E-state index in [-0.39, 0.29) is 24.1 Å². The number of imide groups is 1. The van der Waals surface area contributed by atoms with Crippen molar-refractivity contribution in [3.05, 3.63) is 52.8 Å². The lowest BCUT2D eigenvalue weighted by Gasteiger charge is -2.33. The number of carbonyl (C=O) groups excluding carboxylic acids is 3. The van der Waals surface area contributed by atoms with Crippen LogP contribution in [-0.4, -0.2) is 50.4 Å². The molecule has 0 radical (unpaired) electrons. The molecule has 4 rings (SSSR count). The number of nitrogens with zero attached hydrogens (tertiary/aromatic N) is 4. The van der Waals surface area contributed by atoms with Crippen molar-refractivity contribution in [1.82, 2.24) is 19.6 Å². The third kappa shape index (κ3) is 3.95. The molecule has 0 aliphatic carbocycles. The highest BCUT2D eigenvalue weighted by Crippen LogP contribution is 2.30. The molecule has 1 aromatic heterocycles. The summed E-state index contributed by atoms with van der Waals surface area (Å²) in [7, 11) is 1.47. The molecule has 0 N–H and O–H groups in total. The molecule has 1 aromatic carbocycles. The third-order valence-corrected chi connectivity index (χ3v) is 5.71. The van der Waals surface area contributed by atoms with Gasteiger partial charge in [0.05, 0.1) is 11.8 Å². The minimum atomic E-state index is -0.606. The number of rotatable bonds is 4. The van der Waals surface area contributed by atoms with Crippen LogP contribution in [0.5, 0.6) is 0 Å². The lowest BCUT2D eigenvalue weighted by atomic mass is 10.0. The van der Waals surface area contributed by atoms with Gasteiger partial charge < -0.3 is 4.90 Å². The molecule has 2 aliphatic rings. The van der Waals surface area contributed by atoms with E-state index in [2.05, 4.69) is 22.9 Å². The molecule has 3 amide bonds. The summed E-state index contributed by atoms with van der Waals surface area (Å²) in [5.74, 6) is 8.19. The number of aromatic nitrogens is 2. The Morgan fingerprint density at radius 2 is 2.10 bits per heavy atom. The van der Waals surface area contributed by atoms with Crippen molar-refractivity contribution in [2.45, 2.75) is 44.8 Å². The smallest absolute Gasteiger partial charge is 0.255 e. The van der Waals surface area contributed by atoms with E-state index < -0.39 is 6.04 Å². The Bertz CT molecular complexity index is 1160. The maximum Gasteiger partial charge on any atom is 0.255 e. The topological polar surface area (TPSA) is 75.5 Å². The van der Waals surface area contributed by atoms with Crippen molar-refractivity contribution >= 4 is 17.7 Å². The Morgan fingerprint density at radius 3 is 2.87 bits per heavy atom. The van der Waals surface area contributed by atoms with E-state index in [1.807, 2.05) is 18.3 Å². The van der Waals surface area contributed by atoms with Crippen molar-refractivity contribution in [3.63, 3.8) is 0 Å². The van der Waals surface area contributed by atoms with E-state index in [1.165, 1.54) is 7.05 Å². The molecule has 2 aliphatic heterocycles. The first-order valence-electron chi connectivity index (χ1n) is 10.2. The van der Waals surface area contributed by atoms with Crippen LogP contribution in [0.4, 0.5) is 0 Å². The molecule has 2 aromatic rings. The molecular weight excluding hydrogens is 392 g/mol. The number of unbranched alkanes of at least 4 members (excludes halogenated alkanes) is 1. The molecular formula is C24H22N4O3. The minimum absolute atomic E-state index is 0.178. The van der Waals surface area contributed by atoms with Gasteiger partial charge in [-0.05, 0) is 30.5 Å². The number of aryl methyl sites for hydroxylation is 1. The van der Waals surface area contributed by atoms with Crippen molar-refractivity contribution in [3.8, 4) is 24.2 Å². The summed E-state index contributed by atoms with van der Waals surface area (Å²) in [5.41, 5.74) is 2.98. The fourth-order valence-corrected chi connectivity index (χ4v) is 3.96.